The number of fused-ring (bicyclic) bond motifs is 2. The lowest BCUT2D eigenvalue weighted by molar-refractivity contribution is -0.129. The molecule has 9 heteroatoms. The highest BCUT2D eigenvalue weighted by Crippen LogP contribution is 2.47. The van der Waals surface area contributed by atoms with E-state index in [0.29, 0.717) is 29.0 Å². The van der Waals surface area contributed by atoms with E-state index >= 15 is 0 Å². The van der Waals surface area contributed by atoms with Crippen molar-refractivity contribution in [3.8, 4) is 0 Å². The normalized spacial score (nSPS) is 21.0. The van der Waals surface area contributed by atoms with Crippen LogP contribution in [-0.2, 0) is 10.2 Å². The Balaban J connectivity index is 1.64. The van der Waals surface area contributed by atoms with E-state index in [4.69, 9.17) is 11.6 Å². The number of anilines is 2. The van der Waals surface area contributed by atoms with Crippen LogP contribution < -0.4 is 10.2 Å². The van der Waals surface area contributed by atoms with Gasteiger partial charge in [0.15, 0.2) is 5.13 Å². The van der Waals surface area contributed by atoms with Gasteiger partial charge in [0, 0.05) is 41.6 Å². The highest BCUT2D eigenvalue weighted by atomic mass is 79.9. The Morgan fingerprint density at radius 3 is 2.93 bits per heavy atom. The Kier molecular flexibility index (Phi) is 4.90. The minimum atomic E-state index is -0.235. The predicted molar refractivity (Wildman–Crippen MR) is 111 cm³/mol. The molecule has 27 heavy (non-hydrogen) atoms. The maximum atomic E-state index is 12.9. The van der Waals surface area contributed by atoms with Crippen LogP contribution in [0.4, 0.5) is 15.6 Å². The molecule has 2 aromatic rings. The average molecular weight is 470 g/mol. The zero-order valence-electron chi connectivity index (χ0n) is 14.7. The molecule has 1 spiro atoms. The first-order chi connectivity index (χ1) is 12.9. The number of benzene rings is 1. The number of nitrogens with zero attached hydrogens (tertiary/aromatic N) is 3. The van der Waals surface area contributed by atoms with Crippen LogP contribution in [0.15, 0.2) is 28.9 Å². The fourth-order valence-corrected chi connectivity index (χ4v) is 5.11. The van der Waals surface area contributed by atoms with Crippen molar-refractivity contribution in [1.29, 1.82) is 0 Å². The number of halogens is 2. The zero-order chi connectivity index (χ0) is 19.2. The lowest BCUT2D eigenvalue weighted by Crippen LogP contribution is -2.41. The Morgan fingerprint density at radius 1 is 1.41 bits per heavy atom. The number of carbonyl (C=O) groups excluding carboxylic acids is 2. The van der Waals surface area contributed by atoms with E-state index in [1.54, 1.807) is 4.90 Å². The van der Waals surface area contributed by atoms with Gasteiger partial charge in [0.1, 0.15) is 4.34 Å². The van der Waals surface area contributed by atoms with Gasteiger partial charge >= 0.3 is 6.03 Å². The maximum absolute atomic E-state index is 12.9. The van der Waals surface area contributed by atoms with E-state index in [1.165, 1.54) is 17.5 Å². The highest BCUT2D eigenvalue weighted by Gasteiger charge is 2.49. The van der Waals surface area contributed by atoms with Crippen LogP contribution in [0.3, 0.4) is 0 Å². The van der Waals surface area contributed by atoms with Crippen molar-refractivity contribution in [2.24, 2.45) is 0 Å². The van der Waals surface area contributed by atoms with E-state index in [-0.39, 0.29) is 17.4 Å². The molecule has 1 saturated heterocycles. The van der Waals surface area contributed by atoms with Gasteiger partial charge in [-0.3, -0.25) is 15.0 Å². The van der Waals surface area contributed by atoms with Gasteiger partial charge in [0.2, 0.25) is 5.91 Å². The van der Waals surface area contributed by atoms with E-state index in [1.807, 2.05) is 24.0 Å². The molecule has 6 nitrogen and oxygen atoms in total. The van der Waals surface area contributed by atoms with E-state index in [0.717, 1.165) is 28.7 Å². The largest absolute Gasteiger partial charge is 0.342 e. The Labute approximate surface area is 174 Å². The topological polar surface area (TPSA) is 65.5 Å². The van der Waals surface area contributed by atoms with Gasteiger partial charge in [-0.05, 0) is 30.2 Å². The molecule has 1 aromatic carbocycles. The number of carbonyl (C=O) groups is 2. The van der Waals surface area contributed by atoms with Gasteiger partial charge < -0.3 is 4.90 Å². The molecule has 1 unspecified atom stereocenters. The number of likely N-dealkylation sites (tertiary alicyclic amines) is 1. The van der Waals surface area contributed by atoms with Crippen molar-refractivity contribution in [2.45, 2.75) is 25.2 Å². The molecule has 3 heterocycles. The summed E-state index contributed by atoms with van der Waals surface area (Å²) in [5, 5.41) is 3.30. The molecule has 0 saturated carbocycles. The lowest BCUT2D eigenvalue weighted by Gasteiger charge is -2.25. The molecule has 1 N–H and O–H groups in total. The second-order valence-corrected chi connectivity index (χ2v) is 9.42. The van der Waals surface area contributed by atoms with Crippen LogP contribution in [-0.4, -0.2) is 41.5 Å². The molecule has 0 radical (unpaired) electrons. The summed E-state index contributed by atoms with van der Waals surface area (Å²) >= 11 is 10.7. The van der Waals surface area contributed by atoms with E-state index in [2.05, 4.69) is 32.3 Å². The van der Waals surface area contributed by atoms with E-state index in [9.17, 15) is 9.59 Å². The summed E-state index contributed by atoms with van der Waals surface area (Å²) in [5.41, 5.74) is 1.75. The van der Waals surface area contributed by atoms with Crippen molar-refractivity contribution in [1.82, 2.24) is 9.88 Å². The van der Waals surface area contributed by atoms with Crippen LogP contribution in [0.25, 0.3) is 0 Å². The summed E-state index contributed by atoms with van der Waals surface area (Å²) in [6.45, 7) is 3.77. The molecule has 1 fully saturated rings. The van der Waals surface area contributed by atoms with Gasteiger partial charge in [-0.2, -0.15) is 0 Å². The van der Waals surface area contributed by atoms with Crippen LogP contribution >= 0.6 is 38.9 Å². The third-order valence-electron chi connectivity index (χ3n) is 5.23. The molecule has 142 valence electrons. The van der Waals surface area contributed by atoms with Gasteiger partial charge in [-0.25, -0.2) is 9.78 Å². The summed E-state index contributed by atoms with van der Waals surface area (Å²) in [4.78, 5) is 32.9. The molecule has 1 aromatic heterocycles. The van der Waals surface area contributed by atoms with Crippen molar-refractivity contribution in [3.63, 3.8) is 0 Å². The first kappa shape index (κ1) is 18.7. The number of hydrogen-bond donors (Lipinski definition) is 1. The second-order valence-electron chi connectivity index (χ2n) is 6.85. The Hall–Kier alpha value is -1.64. The average Bonchev–Trinajstić information content (AvgIpc) is 3.34. The molecule has 0 aliphatic carbocycles. The first-order valence-corrected chi connectivity index (χ1v) is 10.7. The zero-order valence-corrected chi connectivity index (χ0v) is 17.8. The molecule has 4 rings (SSSR count). The number of hydrogen-bond acceptors (Lipinski definition) is 4. The summed E-state index contributed by atoms with van der Waals surface area (Å²) in [6, 6.07) is 5.72. The summed E-state index contributed by atoms with van der Waals surface area (Å²) in [7, 11) is 0. The Morgan fingerprint density at radius 2 is 2.22 bits per heavy atom. The third kappa shape index (κ3) is 3.34. The lowest BCUT2D eigenvalue weighted by atomic mass is 9.81. The van der Waals surface area contributed by atoms with Crippen molar-refractivity contribution in [3.05, 3.63) is 38.8 Å². The van der Waals surface area contributed by atoms with Crippen LogP contribution in [0.2, 0.25) is 4.34 Å². The number of amides is 3. The fourth-order valence-electron chi connectivity index (χ4n) is 3.95. The van der Waals surface area contributed by atoms with Gasteiger partial charge in [-0.1, -0.05) is 45.8 Å². The highest BCUT2D eigenvalue weighted by molar-refractivity contribution is 9.10. The number of urea groups is 1. The Bertz CT molecular complexity index is 921. The molecule has 3 amide bonds. The molecule has 1 atom stereocenters. The number of aromatic nitrogens is 1. The van der Waals surface area contributed by atoms with Crippen LogP contribution in [0.5, 0.6) is 0 Å². The standard InChI is InChI=1S/C18H18BrClN4O2S/c1-2-15(25)23-6-5-18(9-23)10-24(13-4-3-11(19)7-12(13)18)17(26)22-16-21-8-14(20)27-16/h3-4,7-8H,2,5-6,9-10H2,1H3,(H,21,22,26). The summed E-state index contributed by atoms with van der Waals surface area (Å²) < 4.78 is 1.49. The minimum absolute atomic E-state index is 0.156. The van der Waals surface area contributed by atoms with Gasteiger partial charge in [-0.15, -0.1) is 0 Å². The predicted octanol–water partition coefficient (Wildman–Crippen LogP) is 4.49. The van der Waals surface area contributed by atoms with Crippen molar-refractivity contribution >= 4 is 61.6 Å². The number of rotatable bonds is 2. The van der Waals surface area contributed by atoms with Crippen LogP contribution in [0.1, 0.15) is 25.3 Å². The molecule has 2 aliphatic heterocycles. The fraction of sp³-hybridized carbons (Fsp3) is 0.389. The third-order valence-corrected chi connectivity index (χ3v) is 6.75. The smallest absolute Gasteiger partial charge is 0.328 e. The van der Waals surface area contributed by atoms with Gasteiger partial charge in [0.05, 0.1) is 6.20 Å². The monoisotopic (exact) mass is 468 g/mol. The van der Waals surface area contributed by atoms with Gasteiger partial charge in [0.25, 0.3) is 0 Å². The van der Waals surface area contributed by atoms with E-state index < -0.39 is 0 Å². The minimum Gasteiger partial charge on any atom is -0.342 e. The van der Waals surface area contributed by atoms with Crippen LogP contribution in [0, 0.1) is 0 Å². The molecular formula is C18H18BrClN4O2S. The second kappa shape index (κ2) is 7.07. The van der Waals surface area contributed by atoms with Crippen molar-refractivity contribution in [2.75, 3.05) is 29.9 Å². The number of nitrogens with one attached hydrogen (secondary N) is 1. The maximum Gasteiger partial charge on any atom is 0.328 e. The molecular weight excluding hydrogens is 452 g/mol. The van der Waals surface area contributed by atoms with Crippen molar-refractivity contribution < 1.29 is 9.59 Å². The molecule has 2 aliphatic rings. The first-order valence-electron chi connectivity index (χ1n) is 8.69. The summed E-state index contributed by atoms with van der Waals surface area (Å²) in [5.74, 6) is 0.156. The summed E-state index contributed by atoms with van der Waals surface area (Å²) in [6.07, 6.45) is 2.86. The molecule has 0 bridgehead atoms. The SMILES string of the molecule is CCC(=O)N1CCC2(C1)CN(C(=O)Nc1ncc(Cl)s1)c1ccc(Br)cc12. The quantitative estimate of drug-likeness (QED) is 0.705. The number of thiazole rings is 1.